The van der Waals surface area contributed by atoms with Crippen LogP contribution < -0.4 is 0 Å². The van der Waals surface area contributed by atoms with Gasteiger partial charge in [-0.25, -0.2) is 8.42 Å². The molecule has 1 rings (SSSR count). The van der Waals surface area contributed by atoms with Gasteiger partial charge in [0, 0.05) is 12.6 Å². The van der Waals surface area contributed by atoms with Crippen molar-refractivity contribution in [2.75, 3.05) is 13.2 Å². The molecule has 1 atom stereocenters. The number of ether oxygens (including phenoxy) is 1. The maximum atomic E-state index is 12.0. The van der Waals surface area contributed by atoms with Crippen LogP contribution in [-0.2, 0) is 14.8 Å². The summed E-state index contributed by atoms with van der Waals surface area (Å²) in [6, 6.07) is 0.0547. The summed E-state index contributed by atoms with van der Waals surface area (Å²) in [6.45, 7) is 8.60. The maximum absolute atomic E-state index is 12.0. The minimum atomic E-state index is -3.11. The molecule has 1 fully saturated rings. The molecule has 1 unspecified atom stereocenters. The van der Waals surface area contributed by atoms with Gasteiger partial charge >= 0.3 is 0 Å². The highest BCUT2D eigenvalue weighted by molar-refractivity contribution is 7.90. The molecule has 0 N–H and O–H groups in total. The predicted molar refractivity (Wildman–Crippen MR) is 60.3 cm³/mol. The van der Waals surface area contributed by atoms with E-state index < -0.39 is 10.0 Å². The van der Waals surface area contributed by atoms with Crippen LogP contribution in [0, 0.1) is 0 Å². The van der Waals surface area contributed by atoms with Gasteiger partial charge in [0.1, 0.15) is 5.25 Å². The first-order valence-electron chi connectivity index (χ1n) is 5.48. The fraction of sp³-hybridized carbons (Fsp3) is 1.00. The lowest BCUT2D eigenvalue weighted by molar-refractivity contribution is 0.0789. The summed E-state index contributed by atoms with van der Waals surface area (Å²) in [6.07, 6.45) is 0.779. The van der Waals surface area contributed by atoms with E-state index in [-0.39, 0.29) is 17.4 Å². The molecular weight excluding hydrogens is 214 g/mol. The van der Waals surface area contributed by atoms with Crippen molar-refractivity contribution in [3.8, 4) is 0 Å². The van der Waals surface area contributed by atoms with Crippen LogP contribution in [0.2, 0.25) is 0 Å². The Morgan fingerprint density at radius 2 is 1.93 bits per heavy atom. The molecule has 0 bridgehead atoms. The van der Waals surface area contributed by atoms with E-state index in [0.29, 0.717) is 19.6 Å². The summed E-state index contributed by atoms with van der Waals surface area (Å²) in [4.78, 5) is 0. The van der Waals surface area contributed by atoms with Crippen molar-refractivity contribution in [1.29, 1.82) is 0 Å². The number of rotatable bonds is 4. The molecule has 15 heavy (non-hydrogen) atoms. The Kier molecular flexibility index (Phi) is 4.14. The Bertz CT molecular complexity index is 298. The summed E-state index contributed by atoms with van der Waals surface area (Å²) in [7, 11) is -3.11. The zero-order chi connectivity index (χ0) is 11.6. The van der Waals surface area contributed by atoms with Crippen molar-refractivity contribution < 1.29 is 13.2 Å². The topological polar surface area (TPSA) is 46.6 Å². The van der Waals surface area contributed by atoms with Gasteiger partial charge in [-0.2, -0.15) is 4.31 Å². The highest BCUT2D eigenvalue weighted by Crippen LogP contribution is 2.24. The van der Waals surface area contributed by atoms with Crippen molar-refractivity contribution in [3.63, 3.8) is 0 Å². The second-order valence-corrected chi connectivity index (χ2v) is 6.71. The van der Waals surface area contributed by atoms with Crippen LogP contribution in [0.4, 0.5) is 0 Å². The summed E-state index contributed by atoms with van der Waals surface area (Å²) < 4.78 is 30.9. The van der Waals surface area contributed by atoms with Crippen molar-refractivity contribution in [3.05, 3.63) is 0 Å². The van der Waals surface area contributed by atoms with Gasteiger partial charge in [0.15, 0.2) is 0 Å². The Hall–Kier alpha value is -0.130. The molecule has 0 amide bonds. The molecule has 5 heteroatoms. The Labute approximate surface area is 92.7 Å². The van der Waals surface area contributed by atoms with Gasteiger partial charge < -0.3 is 4.74 Å². The van der Waals surface area contributed by atoms with Gasteiger partial charge in [-0.3, -0.25) is 0 Å². The molecule has 0 spiro atoms. The van der Waals surface area contributed by atoms with E-state index in [0.717, 1.165) is 0 Å². The minimum absolute atomic E-state index is 0.0547. The SMILES string of the molecule is CC(C)OCC1CCN(C(C)C)S1(=O)=O. The van der Waals surface area contributed by atoms with Crippen LogP contribution in [0.1, 0.15) is 34.1 Å². The monoisotopic (exact) mass is 235 g/mol. The molecule has 1 aliphatic rings. The number of hydrogen-bond acceptors (Lipinski definition) is 3. The molecule has 0 aromatic rings. The first-order valence-corrected chi connectivity index (χ1v) is 6.98. The molecule has 0 saturated carbocycles. The van der Waals surface area contributed by atoms with E-state index in [9.17, 15) is 8.42 Å². The van der Waals surface area contributed by atoms with Crippen molar-refractivity contribution in [2.24, 2.45) is 0 Å². The van der Waals surface area contributed by atoms with Crippen molar-refractivity contribution in [2.45, 2.75) is 51.5 Å². The van der Waals surface area contributed by atoms with Crippen LogP contribution in [0.25, 0.3) is 0 Å². The smallest absolute Gasteiger partial charge is 0.219 e. The predicted octanol–water partition coefficient (Wildman–Crippen LogP) is 1.22. The van der Waals surface area contributed by atoms with Crippen LogP contribution in [0.5, 0.6) is 0 Å². The molecule has 0 aliphatic carbocycles. The Morgan fingerprint density at radius 3 is 2.33 bits per heavy atom. The summed E-state index contributed by atoms with van der Waals surface area (Å²) in [5.41, 5.74) is 0. The fourth-order valence-corrected chi connectivity index (χ4v) is 3.74. The average Bonchev–Trinajstić information content (AvgIpc) is 2.37. The molecule has 0 aromatic carbocycles. The van der Waals surface area contributed by atoms with E-state index in [4.69, 9.17) is 4.74 Å². The van der Waals surface area contributed by atoms with Gasteiger partial charge in [-0.05, 0) is 34.1 Å². The van der Waals surface area contributed by atoms with E-state index in [1.54, 1.807) is 4.31 Å². The third-order valence-corrected chi connectivity index (χ3v) is 5.08. The third-order valence-electron chi connectivity index (χ3n) is 2.61. The molecule has 0 radical (unpaired) electrons. The largest absolute Gasteiger partial charge is 0.377 e. The second kappa shape index (κ2) is 4.80. The third kappa shape index (κ3) is 2.92. The lowest BCUT2D eigenvalue weighted by Gasteiger charge is -2.20. The number of nitrogens with zero attached hydrogens (tertiary/aromatic N) is 1. The lowest BCUT2D eigenvalue weighted by atomic mass is 10.3. The van der Waals surface area contributed by atoms with Gasteiger partial charge in [-0.1, -0.05) is 0 Å². The maximum Gasteiger partial charge on any atom is 0.219 e. The Morgan fingerprint density at radius 1 is 1.33 bits per heavy atom. The first-order chi connectivity index (χ1) is 6.85. The van der Waals surface area contributed by atoms with Crippen molar-refractivity contribution in [1.82, 2.24) is 4.31 Å². The first kappa shape index (κ1) is 12.9. The number of hydrogen-bond donors (Lipinski definition) is 0. The van der Waals surface area contributed by atoms with E-state index in [2.05, 4.69) is 0 Å². The van der Waals surface area contributed by atoms with Gasteiger partial charge in [-0.15, -0.1) is 0 Å². The molecule has 1 saturated heterocycles. The summed E-state index contributed by atoms with van der Waals surface area (Å²) >= 11 is 0. The van der Waals surface area contributed by atoms with E-state index in [1.807, 2.05) is 27.7 Å². The molecule has 1 heterocycles. The Balaban J connectivity index is 2.64. The van der Waals surface area contributed by atoms with Crippen molar-refractivity contribution >= 4 is 10.0 Å². The highest BCUT2D eigenvalue weighted by atomic mass is 32.2. The van der Waals surface area contributed by atoms with Gasteiger partial charge in [0.2, 0.25) is 10.0 Å². The average molecular weight is 235 g/mol. The lowest BCUT2D eigenvalue weighted by Crippen LogP contribution is -2.36. The normalized spacial score (nSPS) is 26.7. The molecular formula is C10H21NO3S. The standard InChI is InChI=1S/C10H21NO3S/c1-8(2)11-6-5-10(15(11,12)13)7-14-9(3)4/h8-10H,5-7H2,1-4H3. The molecule has 0 aromatic heterocycles. The van der Waals surface area contributed by atoms with Gasteiger partial charge in [0.05, 0.1) is 12.7 Å². The van der Waals surface area contributed by atoms with E-state index in [1.165, 1.54) is 0 Å². The summed E-state index contributed by atoms with van der Waals surface area (Å²) in [5.74, 6) is 0. The minimum Gasteiger partial charge on any atom is -0.377 e. The zero-order valence-corrected chi connectivity index (χ0v) is 10.8. The number of sulfonamides is 1. The zero-order valence-electron chi connectivity index (χ0n) is 9.93. The molecule has 4 nitrogen and oxygen atoms in total. The second-order valence-electron chi connectivity index (χ2n) is 4.54. The van der Waals surface area contributed by atoms with E-state index >= 15 is 0 Å². The van der Waals surface area contributed by atoms with Crippen LogP contribution in [0.15, 0.2) is 0 Å². The fourth-order valence-electron chi connectivity index (χ4n) is 1.76. The van der Waals surface area contributed by atoms with Gasteiger partial charge in [0.25, 0.3) is 0 Å². The molecule has 1 aliphatic heterocycles. The van der Waals surface area contributed by atoms with Crippen LogP contribution >= 0.6 is 0 Å². The summed E-state index contributed by atoms with van der Waals surface area (Å²) in [5, 5.41) is -0.345. The quantitative estimate of drug-likeness (QED) is 0.736. The molecule has 90 valence electrons. The van der Waals surface area contributed by atoms with Crippen LogP contribution in [-0.4, -0.2) is 43.3 Å². The highest BCUT2D eigenvalue weighted by Gasteiger charge is 2.40. The van der Waals surface area contributed by atoms with Crippen LogP contribution in [0.3, 0.4) is 0 Å².